The van der Waals surface area contributed by atoms with Crippen molar-refractivity contribution in [3.8, 4) is 0 Å². The molecule has 1 fully saturated rings. The average Bonchev–Trinajstić information content (AvgIpc) is 2.75. The summed E-state index contributed by atoms with van der Waals surface area (Å²) in [5.74, 6) is 0.142. The Morgan fingerprint density at radius 3 is 2.56 bits per heavy atom. The zero-order valence-corrected chi connectivity index (χ0v) is 11.7. The van der Waals surface area contributed by atoms with Gasteiger partial charge in [-0.2, -0.15) is 11.3 Å². The van der Waals surface area contributed by atoms with Crippen molar-refractivity contribution in [3.63, 3.8) is 0 Å². The standard InChI is InChI=1S/C12H15BrO2S/c1-15-12(5-3-2-4-6-12)11(14)9-7-16-8-10(9)13/h7-8H,2-6H2,1H3. The highest BCUT2D eigenvalue weighted by Gasteiger charge is 2.40. The molecule has 1 aromatic heterocycles. The Hall–Kier alpha value is -0.190. The number of methoxy groups -OCH3 is 1. The average molecular weight is 303 g/mol. The van der Waals surface area contributed by atoms with E-state index in [1.807, 2.05) is 10.8 Å². The van der Waals surface area contributed by atoms with Crippen molar-refractivity contribution in [1.82, 2.24) is 0 Å². The van der Waals surface area contributed by atoms with Crippen LogP contribution in [0, 0.1) is 0 Å². The maximum absolute atomic E-state index is 12.5. The van der Waals surface area contributed by atoms with Crippen molar-refractivity contribution >= 4 is 33.0 Å². The summed E-state index contributed by atoms with van der Waals surface area (Å²) in [6, 6.07) is 0. The maximum Gasteiger partial charge on any atom is 0.196 e. The zero-order valence-electron chi connectivity index (χ0n) is 9.29. The lowest BCUT2D eigenvalue weighted by Crippen LogP contribution is -2.42. The Bertz CT molecular complexity index is 380. The molecule has 4 heteroatoms. The van der Waals surface area contributed by atoms with Gasteiger partial charge in [0.2, 0.25) is 0 Å². The Morgan fingerprint density at radius 1 is 1.38 bits per heavy atom. The first-order chi connectivity index (χ1) is 7.69. The van der Waals surface area contributed by atoms with E-state index in [9.17, 15) is 4.79 Å². The lowest BCUT2D eigenvalue weighted by Gasteiger charge is -2.34. The molecule has 0 atom stereocenters. The quantitative estimate of drug-likeness (QED) is 0.788. The van der Waals surface area contributed by atoms with Crippen LogP contribution in [-0.4, -0.2) is 18.5 Å². The molecule has 1 heterocycles. The van der Waals surface area contributed by atoms with E-state index in [-0.39, 0.29) is 5.78 Å². The van der Waals surface area contributed by atoms with Gasteiger partial charge in [-0.25, -0.2) is 0 Å². The highest BCUT2D eigenvalue weighted by Crippen LogP contribution is 2.36. The fourth-order valence-electron chi connectivity index (χ4n) is 2.34. The Morgan fingerprint density at radius 2 is 2.06 bits per heavy atom. The summed E-state index contributed by atoms with van der Waals surface area (Å²) in [7, 11) is 1.66. The van der Waals surface area contributed by atoms with Gasteiger partial charge in [0.1, 0.15) is 5.60 Å². The number of hydrogen-bond donors (Lipinski definition) is 0. The van der Waals surface area contributed by atoms with Crippen molar-refractivity contribution in [2.45, 2.75) is 37.7 Å². The van der Waals surface area contributed by atoms with Crippen molar-refractivity contribution in [3.05, 3.63) is 20.8 Å². The van der Waals surface area contributed by atoms with E-state index in [0.717, 1.165) is 35.7 Å². The van der Waals surface area contributed by atoms with E-state index in [2.05, 4.69) is 15.9 Å². The van der Waals surface area contributed by atoms with Crippen molar-refractivity contribution < 1.29 is 9.53 Å². The number of hydrogen-bond acceptors (Lipinski definition) is 3. The van der Waals surface area contributed by atoms with Gasteiger partial charge in [0.25, 0.3) is 0 Å². The summed E-state index contributed by atoms with van der Waals surface area (Å²) in [6.07, 6.45) is 5.08. The van der Waals surface area contributed by atoms with E-state index >= 15 is 0 Å². The first-order valence-electron chi connectivity index (χ1n) is 5.51. The van der Waals surface area contributed by atoms with Crippen molar-refractivity contribution in [1.29, 1.82) is 0 Å². The molecule has 1 aliphatic rings. The highest BCUT2D eigenvalue weighted by atomic mass is 79.9. The van der Waals surface area contributed by atoms with Crippen LogP contribution in [0.4, 0.5) is 0 Å². The number of carbonyl (C=O) groups is 1. The van der Waals surface area contributed by atoms with Gasteiger partial charge < -0.3 is 4.74 Å². The maximum atomic E-state index is 12.5. The molecule has 0 aliphatic heterocycles. The predicted molar refractivity (Wildman–Crippen MR) is 69.2 cm³/mol. The van der Waals surface area contributed by atoms with Gasteiger partial charge in [-0.1, -0.05) is 19.3 Å². The van der Waals surface area contributed by atoms with Crippen molar-refractivity contribution in [2.75, 3.05) is 7.11 Å². The third-order valence-electron chi connectivity index (χ3n) is 3.33. The summed E-state index contributed by atoms with van der Waals surface area (Å²) in [6.45, 7) is 0. The van der Waals surface area contributed by atoms with Crippen LogP contribution in [0.2, 0.25) is 0 Å². The molecule has 0 spiro atoms. The summed E-state index contributed by atoms with van der Waals surface area (Å²) in [4.78, 5) is 12.5. The van der Waals surface area contributed by atoms with Crippen LogP contribution in [0.1, 0.15) is 42.5 Å². The van der Waals surface area contributed by atoms with E-state index in [0.29, 0.717) is 0 Å². The van der Waals surface area contributed by atoms with Gasteiger partial charge in [-0.05, 0) is 28.8 Å². The normalized spacial score (nSPS) is 19.6. The number of thiophene rings is 1. The summed E-state index contributed by atoms with van der Waals surface area (Å²) >= 11 is 4.97. The SMILES string of the molecule is COC1(C(=O)c2cscc2Br)CCCCC1. The monoisotopic (exact) mass is 302 g/mol. The first-order valence-corrected chi connectivity index (χ1v) is 7.25. The van der Waals surface area contributed by atoms with Crippen LogP contribution in [-0.2, 0) is 4.74 Å². The largest absolute Gasteiger partial charge is 0.370 e. The van der Waals surface area contributed by atoms with E-state index < -0.39 is 5.60 Å². The second-order valence-electron chi connectivity index (χ2n) is 4.22. The fraction of sp³-hybridized carbons (Fsp3) is 0.583. The summed E-state index contributed by atoms with van der Waals surface area (Å²) in [5.41, 5.74) is 0.204. The lowest BCUT2D eigenvalue weighted by molar-refractivity contribution is -0.0194. The Labute approximate surface area is 108 Å². The molecule has 0 radical (unpaired) electrons. The number of Topliss-reactive ketones (excluding diaryl/α,β-unsaturated/α-hetero) is 1. The molecule has 88 valence electrons. The van der Waals surface area contributed by atoms with Gasteiger partial charge in [0.05, 0.1) is 0 Å². The molecule has 2 nitrogen and oxygen atoms in total. The first kappa shape index (κ1) is 12.3. The number of carbonyl (C=O) groups excluding carboxylic acids is 1. The molecule has 0 saturated heterocycles. The van der Waals surface area contributed by atoms with E-state index in [4.69, 9.17) is 4.74 Å². The second kappa shape index (κ2) is 4.98. The van der Waals surface area contributed by atoms with Gasteiger partial charge in [0.15, 0.2) is 5.78 Å². The predicted octanol–water partition coefficient (Wildman–Crippen LogP) is 4.04. The molecule has 0 N–H and O–H groups in total. The second-order valence-corrected chi connectivity index (χ2v) is 5.82. The number of halogens is 1. The summed E-state index contributed by atoms with van der Waals surface area (Å²) in [5, 5.41) is 3.85. The molecule has 1 aliphatic carbocycles. The van der Waals surface area contributed by atoms with Crippen LogP contribution in [0.25, 0.3) is 0 Å². The smallest absolute Gasteiger partial charge is 0.196 e. The minimum atomic E-state index is -0.568. The third-order valence-corrected chi connectivity index (χ3v) is 5.03. The number of ketones is 1. The van der Waals surface area contributed by atoms with Crippen LogP contribution in [0.5, 0.6) is 0 Å². The Balaban J connectivity index is 2.28. The molecular formula is C12H15BrO2S. The molecule has 1 saturated carbocycles. The molecule has 0 aromatic carbocycles. The van der Waals surface area contributed by atoms with Gasteiger partial charge in [0, 0.05) is 27.9 Å². The zero-order chi connectivity index (χ0) is 11.6. The van der Waals surface area contributed by atoms with Crippen LogP contribution < -0.4 is 0 Å². The summed E-state index contributed by atoms with van der Waals surface area (Å²) < 4.78 is 6.45. The molecule has 0 amide bonds. The molecule has 0 bridgehead atoms. The number of ether oxygens (including phenoxy) is 1. The van der Waals surface area contributed by atoms with Crippen LogP contribution >= 0.6 is 27.3 Å². The minimum absolute atomic E-state index is 0.142. The van der Waals surface area contributed by atoms with Crippen LogP contribution in [0.15, 0.2) is 15.2 Å². The van der Waals surface area contributed by atoms with Gasteiger partial charge in [-0.15, -0.1) is 0 Å². The topological polar surface area (TPSA) is 26.3 Å². The van der Waals surface area contributed by atoms with Gasteiger partial charge in [-0.3, -0.25) is 4.79 Å². The Kier molecular flexibility index (Phi) is 3.82. The molecule has 0 unspecified atom stereocenters. The molecular weight excluding hydrogens is 288 g/mol. The van der Waals surface area contributed by atoms with Gasteiger partial charge >= 0.3 is 0 Å². The van der Waals surface area contributed by atoms with E-state index in [1.165, 1.54) is 6.42 Å². The minimum Gasteiger partial charge on any atom is -0.370 e. The van der Waals surface area contributed by atoms with E-state index in [1.54, 1.807) is 18.4 Å². The third kappa shape index (κ3) is 2.11. The molecule has 16 heavy (non-hydrogen) atoms. The molecule has 1 aromatic rings. The number of rotatable bonds is 3. The van der Waals surface area contributed by atoms with Crippen molar-refractivity contribution in [2.24, 2.45) is 0 Å². The fourth-order valence-corrected chi connectivity index (χ4v) is 3.79. The molecule has 2 rings (SSSR count). The van der Waals surface area contributed by atoms with Crippen LogP contribution in [0.3, 0.4) is 0 Å². The highest BCUT2D eigenvalue weighted by molar-refractivity contribution is 9.10. The lowest BCUT2D eigenvalue weighted by atomic mass is 9.80.